The Kier molecular flexibility index (Phi) is 4.36. The molecule has 1 saturated carbocycles. The van der Waals surface area contributed by atoms with Crippen molar-refractivity contribution in [3.05, 3.63) is 17.5 Å². The van der Waals surface area contributed by atoms with Gasteiger partial charge in [0.25, 0.3) is 0 Å². The predicted octanol–water partition coefficient (Wildman–Crippen LogP) is 2.43. The molecule has 1 aromatic rings. The van der Waals surface area contributed by atoms with Crippen LogP contribution in [0.2, 0.25) is 0 Å². The van der Waals surface area contributed by atoms with E-state index >= 15 is 0 Å². The topological polar surface area (TPSA) is 75.4 Å². The Morgan fingerprint density at radius 3 is 2.89 bits per heavy atom. The van der Waals surface area contributed by atoms with Crippen LogP contribution in [0, 0.1) is 5.92 Å². The number of carboxylic acid groups (broad SMARTS) is 1. The number of rotatable bonds is 5. The summed E-state index contributed by atoms with van der Waals surface area (Å²) in [5.74, 6) is 0.251. The summed E-state index contributed by atoms with van der Waals surface area (Å²) in [6.07, 6.45) is 6.56. The third-order valence-corrected chi connectivity index (χ3v) is 3.73. The highest BCUT2D eigenvalue weighted by Gasteiger charge is 2.20. The highest BCUT2D eigenvalue weighted by atomic mass is 16.5. The van der Waals surface area contributed by atoms with Gasteiger partial charge in [-0.15, -0.1) is 0 Å². The molecule has 1 heterocycles. The molecule has 18 heavy (non-hydrogen) atoms. The lowest BCUT2D eigenvalue weighted by Gasteiger charge is -2.28. The first kappa shape index (κ1) is 13.1. The number of hydrogen-bond acceptors (Lipinski definition) is 4. The number of carboxylic acids is 1. The largest absolute Gasteiger partial charge is 0.476 e. The van der Waals surface area contributed by atoms with Crippen LogP contribution in [0.4, 0.5) is 0 Å². The van der Waals surface area contributed by atoms with Gasteiger partial charge < -0.3 is 14.9 Å². The van der Waals surface area contributed by atoms with Gasteiger partial charge >= 0.3 is 5.97 Å². The van der Waals surface area contributed by atoms with Crippen LogP contribution in [0.5, 0.6) is 0 Å². The van der Waals surface area contributed by atoms with E-state index in [1.807, 2.05) is 0 Å². The summed E-state index contributed by atoms with van der Waals surface area (Å²) in [6, 6.07) is 1.91. The Morgan fingerprint density at radius 1 is 1.56 bits per heavy atom. The zero-order valence-electron chi connectivity index (χ0n) is 10.7. The van der Waals surface area contributed by atoms with Crippen molar-refractivity contribution >= 4 is 5.97 Å². The molecule has 0 amide bonds. The van der Waals surface area contributed by atoms with Crippen LogP contribution in [0.1, 0.15) is 55.3 Å². The summed E-state index contributed by atoms with van der Waals surface area (Å²) < 4.78 is 4.97. The van der Waals surface area contributed by atoms with Crippen LogP contribution in [-0.2, 0) is 6.54 Å². The van der Waals surface area contributed by atoms with Gasteiger partial charge in [0.2, 0.25) is 0 Å². The van der Waals surface area contributed by atoms with Gasteiger partial charge in [0.1, 0.15) is 0 Å². The molecule has 0 bridgehead atoms. The minimum absolute atomic E-state index is 0.0304. The third-order valence-electron chi connectivity index (χ3n) is 3.73. The number of nitrogens with one attached hydrogen (secondary N) is 1. The maximum absolute atomic E-state index is 10.7. The van der Waals surface area contributed by atoms with E-state index in [2.05, 4.69) is 17.4 Å². The van der Waals surface area contributed by atoms with Crippen LogP contribution in [0.15, 0.2) is 10.6 Å². The Balaban J connectivity index is 1.80. The van der Waals surface area contributed by atoms with Gasteiger partial charge in [-0.3, -0.25) is 0 Å². The van der Waals surface area contributed by atoms with E-state index in [0.717, 1.165) is 5.92 Å². The molecular weight excluding hydrogens is 232 g/mol. The van der Waals surface area contributed by atoms with Gasteiger partial charge in [0, 0.05) is 12.1 Å². The lowest BCUT2D eigenvalue weighted by atomic mass is 9.84. The van der Waals surface area contributed by atoms with Crippen molar-refractivity contribution in [2.45, 2.75) is 51.6 Å². The van der Waals surface area contributed by atoms with Gasteiger partial charge in [0.05, 0.1) is 6.54 Å². The molecule has 0 radical (unpaired) electrons. The Labute approximate surface area is 107 Å². The average Bonchev–Trinajstić information content (AvgIpc) is 2.86. The first-order valence-corrected chi connectivity index (χ1v) is 6.59. The number of hydrogen-bond donors (Lipinski definition) is 2. The summed E-state index contributed by atoms with van der Waals surface area (Å²) in [6.45, 7) is 2.72. The maximum Gasteiger partial charge on any atom is 0.358 e. The van der Waals surface area contributed by atoms with E-state index in [0.29, 0.717) is 18.3 Å². The van der Waals surface area contributed by atoms with E-state index in [9.17, 15) is 4.79 Å². The highest BCUT2D eigenvalue weighted by Crippen LogP contribution is 2.26. The molecule has 1 aliphatic carbocycles. The van der Waals surface area contributed by atoms with Crippen molar-refractivity contribution in [3.8, 4) is 0 Å². The van der Waals surface area contributed by atoms with Crippen LogP contribution < -0.4 is 5.32 Å². The minimum Gasteiger partial charge on any atom is -0.476 e. The Morgan fingerprint density at radius 2 is 2.28 bits per heavy atom. The number of aromatic carboxylic acids is 1. The minimum atomic E-state index is -1.05. The van der Waals surface area contributed by atoms with Crippen LogP contribution in [0.3, 0.4) is 0 Å². The fourth-order valence-corrected chi connectivity index (χ4v) is 2.56. The standard InChI is InChI=1S/C13H20N2O3/c1-9(10-5-3-2-4-6-10)14-8-11-7-12(13(16)17)15-18-11/h7,9-10,14H,2-6,8H2,1H3,(H,16,17). The number of nitrogens with zero attached hydrogens (tertiary/aromatic N) is 1. The lowest BCUT2D eigenvalue weighted by molar-refractivity contribution is 0.0685. The smallest absolute Gasteiger partial charge is 0.358 e. The zero-order valence-corrected chi connectivity index (χ0v) is 10.7. The molecule has 5 heteroatoms. The number of carbonyl (C=O) groups is 1. The molecule has 1 unspecified atom stereocenters. The van der Waals surface area contributed by atoms with E-state index in [1.54, 1.807) is 0 Å². The Bertz CT molecular complexity index is 397. The Hall–Kier alpha value is -1.36. The molecule has 1 aliphatic rings. The van der Waals surface area contributed by atoms with E-state index in [4.69, 9.17) is 9.63 Å². The first-order chi connectivity index (χ1) is 8.66. The maximum atomic E-state index is 10.7. The second-order valence-electron chi connectivity index (χ2n) is 5.05. The van der Waals surface area contributed by atoms with Crippen LogP contribution >= 0.6 is 0 Å². The van der Waals surface area contributed by atoms with Crippen LogP contribution in [-0.4, -0.2) is 22.3 Å². The lowest BCUT2D eigenvalue weighted by Crippen LogP contribution is -2.34. The van der Waals surface area contributed by atoms with Crippen molar-refractivity contribution in [3.63, 3.8) is 0 Å². The van der Waals surface area contributed by atoms with Crippen molar-refractivity contribution in [1.82, 2.24) is 10.5 Å². The van der Waals surface area contributed by atoms with Gasteiger partial charge in [-0.1, -0.05) is 24.4 Å². The molecule has 0 aliphatic heterocycles. The van der Waals surface area contributed by atoms with E-state index < -0.39 is 5.97 Å². The number of aromatic nitrogens is 1. The molecule has 0 aromatic carbocycles. The SMILES string of the molecule is CC(NCc1cc(C(=O)O)no1)C1CCCCC1. The van der Waals surface area contributed by atoms with Gasteiger partial charge in [0.15, 0.2) is 11.5 Å². The zero-order chi connectivity index (χ0) is 13.0. The first-order valence-electron chi connectivity index (χ1n) is 6.59. The molecule has 2 rings (SSSR count). The van der Waals surface area contributed by atoms with E-state index in [1.165, 1.54) is 38.2 Å². The van der Waals surface area contributed by atoms with E-state index in [-0.39, 0.29) is 5.69 Å². The molecule has 0 spiro atoms. The summed E-state index contributed by atoms with van der Waals surface area (Å²) in [5.41, 5.74) is -0.0304. The molecule has 1 atom stereocenters. The molecule has 100 valence electrons. The summed E-state index contributed by atoms with van der Waals surface area (Å²) in [4.78, 5) is 10.7. The fourth-order valence-electron chi connectivity index (χ4n) is 2.56. The summed E-state index contributed by atoms with van der Waals surface area (Å²) in [5, 5.41) is 15.6. The molecule has 0 saturated heterocycles. The second-order valence-corrected chi connectivity index (χ2v) is 5.05. The summed E-state index contributed by atoms with van der Waals surface area (Å²) in [7, 11) is 0. The quantitative estimate of drug-likeness (QED) is 0.841. The van der Waals surface area contributed by atoms with Gasteiger partial charge in [-0.05, 0) is 25.7 Å². The van der Waals surface area contributed by atoms with Crippen molar-refractivity contribution < 1.29 is 14.4 Å². The normalized spacial score (nSPS) is 18.7. The van der Waals surface area contributed by atoms with Crippen molar-refractivity contribution in [1.29, 1.82) is 0 Å². The third kappa shape index (κ3) is 3.32. The van der Waals surface area contributed by atoms with Crippen molar-refractivity contribution in [2.75, 3.05) is 0 Å². The molecule has 2 N–H and O–H groups in total. The molecular formula is C13H20N2O3. The highest BCUT2D eigenvalue weighted by molar-refractivity contribution is 5.85. The average molecular weight is 252 g/mol. The van der Waals surface area contributed by atoms with Crippen LogP contribution in [0.25, 0.3) is 0 Å². The fraction of sp³-hybridized carbons (Fsp3) is 0.692. The molecule has 5 nitrogen and oxygen atoms in total. The van der Waals surface area contributed by atoms with Gasteiger partial charge in [-0.2, -0.15) is 0 Å². The van der Waals surface area contributed by atoms with Gasteiger partial charge in [-0.25, -0.2) is 4.79 Å². The molecule has 1 aromatic heterocycles. The predicted molar refractivity (Wildman–Crippen MR) is 66.3 cm³/mol. The van der Waals surface area contributed by atoms with Crippen molar-refractivity contribution in [2.24, 2.45) is 5.92 Å². The second kappa shape index (κ2) is 6.00. The molecule has 1 fully saturated rings. The monoisotopic (exact) mass is 252 g/mol. The summed E-state index contributed by atoms with van der Waals surface area (Å²) >= 11 is 0.